The van der Waals surface area contributed by atoms with E-state index in [1.165, 1.54) is 0 Å². The van der Waals surface area contributed by atoms with Crippen LogP contribution in [0.5, 0.6) is 5.75 Å². The molecule has 0 saturated carbocycles. The maximum Gasteiger partial charge on any atom is 0.119 e. The van der Waals surface area contributed by atoms with Gasteiger partial charge in [-0.25, -0.2) is 0 Å². The summed E-state index contributed by atoms with van der Waals surface area (Å²) in [6, 6.07) is 7.93. The van der Waals surface area contributed by atoms with Gasteiger partial charge in [0.15, 0.2) is 0 Å². The molecule has 0 heterocycles. The molecule has 4 heteroatoms. The van der Waals surface area contributed by atoms with Crippen LogP contribution < -0.4 is 10.2 Å². The quantitative estimate of drug-likeness (QED) is 0.540. The lowest BCUT2D eigenvalue weighted by Gasteiger charge is -2.07. The highest BCUT2D eigenvalue weighted by Gasteiger charge is 1.96. The largest absolute Gasteiger partial charge is 0.494 e. The maximum atomic E-state index is 5.40. The van der Waals surface area contributed by atoms with Crippen molar-refractivity contribution in [2.45, 2.75) is 13.5 Å². The number of hydrogen-bond donors (Lipinski definition) is 1. The van der Waals surface area contributed by atoms with Gasteiger partial charge in [-0.3, -0.25) is 4.84 Å². The van der Waals surface area contributed by atoms with Crippen LogP contribution in [-0.4, -0.2) is 26.9 Å². The van der Waals surface area contributed by atoms with Gasteiger partial charge in [-0.15, -0.1) is 0 Å². The summed E-state index contributed by atoms with van der Waals surface area (Å²) in [4.78, 5) is 5.16. The summed E-state index contributed by atoms with van der Waals surface area (Å²) < 4.78 is 10.3. The third-order valence-electron chi connectivity index (χ3n) is 1.98. The molecule has 1 aromatic carbocycles. The molecule has 0 saturated heterocycles. The minimum Gasteiger partial charge on any atom is -0.494 e. The Morgan fingerprint density at radius 1 is 1.25 bits per heavy atom. The molecule has 0 aliphatic heterocycles. The van der Waals surface area contributed by atoms with Crippen molar-refractivity contribution in [1.29, 1.82) is 0 Å². The van der Waals surface area contributed by atoms with E-state index in [0.29, 0.717) is 26.4 Å². The standard InChI is InChI=1S/C12H19NO3/c1-3-15-12-6-4-5-11(9-12)10-13-16-8-7-14-2/h4-6,9,13H,3,7-8,10H2,1-2H3. The van der Waals surface area contributed by atoms with E-state index in [9.17, 15) is 0 Å². The molecule has 16 heavy (non-hydrogen) atoms. The number of hydroxylamine groups is 1. The van der Waals surface area contributed by atoms with Gasteiger partial charge in [0, 0.05) is 13.7 Å². The fourth-order valence-corrected chi connectivity index (χ4v) is 1.24. The first-order valence-electron chi connectivity index (χ1n) is 5.42. The van der Waals surface area contributed by atoms with Crippen LogP contribution in [-0.2, 0) is 16.1 Å². The molecule has 90 valence electrons. The number of methoxy groups -OCH3 is 1. The van der Waals surface area contributed by atoms with Gasteiger partial charge in [0.05, 0.1) is 19.8 Å². The van der Waals surface area contributed by atoms with Gasteiger partial charge in [-0.1, -0.05) is 12.1 Å². The third-order valence-corrected chi connectivity index (χ3v) is 1.98. The van der Waals surface area contributed by atoms with Gasteiger partial charge in [0.2, 0.25) is 0 Å². The van der Waals surface area contributed by atoms with Gasteiger partial charge >= 0.3 is 0 Å². The van der Waals surface area contributed by atoms with Crippen LogP contribution in [0.1, 0.15) is 12.5 Å². The molecular weight excluding hydrogens is 206 g/mol. The lowest BCUT2D eigenvalue weighted by molar-refractivity contribution is 0.00344. The predicted molar refractivity (Wildman–Crippen MR) is 62.3 cm³/mol. The molecule has 0 aliphatic carbocycles. The van der Waals surface area contributed by atoms with Gasteiger partial charge in [0.25, 0.3) is 0 Å². The average Bonchev–Trinajstić information content (AvgIpc) is 2.30. The minimum atomic E-state index is 0.543. The summed E-state index contributed by atoms with van der Waals surface area (Å²) in [6.07, 6.45) is 0. The molecule has 0 spiro atoms. The van der Waals surface area contributed by atoms with Crippen molar-refractivity contribution < 1.29 is 14.3 Å². The van der Waals surface area contributed by atoms with E-state index in [2.05, 4.69) is 5.48 Å². The molecule has 1 N–H and O–H groups in total. The molecule has 0 atom stereocenters. The lowest BCUT2D eigenvalue weighted by Crippen LogP contribution is -2.17. The molecule has 0 bridgehead atoms. The molecule has 0 amide bonds. The number of rotatable bonds is 8. The minimum absolute atomic E-state index is 0.543. The Labute approximate surface area is 96.5 Å². The average molecular weight is 225 g/mol. The topological polar surface area (TPSA) is 39.7 Å². The zero-order valence-corrected chi connectivity index (χ0v) is 9.86. The monoisotopic (exact) mass is 225 g/mol. The van der Waals surface area contributed by atoms with Gasteiger partial charge in [0.1, 0.15) is 5.75 Å². The second kappa shape index (κ2) is 8.10. The van der Waals surface area contributed by atoms with Crippen molar-refractivity contribution in [1.82, 2.24) is 5.48 Å². The second-order valence-corrected chi connectivity index (χ2v) is 3.24. The maximum absolute atomic E-state index is 5.40. The zero-order valence-electron chi connectivity index (χ0n) is 9.86. The molecule has 4 nitrogen and oxygen atoms in total. The fraction of sp³-hybridized carbons (Fsp3) is 0.500. The Kier molecular flexibility index (Phi) is 6.56. The Morgan fingerprint density at radius 2 is 2.12 bits per heavy atom. The lowest BCUT2D eigenvalue weighted by atomic mass is 10.2. The highest BCUT2D eigenvalue weighted by atomic mass is 16.7. The smallest absolute Gasteiger partial charge is 0.119 e. The number of ether oxygens (including phenoxy) is 2. The van der Waals surface area contributed by atoms with Crippen LogP contribution >= 0.6 is 0 Å². The van der Waals surface area contributed by atoms with E-state index in [0.717, 1.165) is 11.3 Å². The normalized spacial score (nSPS) is 10.4. The Bertz CT molecular complexity index is 291. The molecule has 0 unspecified atom stereocenters. The summed E-state index contributed by atoms with van der Waals surface area (Å²) in [6.45, 7) is 4.44. The van der Waals surface area contributed by atoms with Crippen LogP contribution in [0.3, 0.4) is 0 Å². The second-order valence-electron chi connectivity index (χ2n) is 3.24. The predicted octanol–water partition coefficient (Wildman–Crippen LogP) is 1.75. The van der Waals surface area contributed by atoms with Crippen LogP contribution in [0, 0.1) is 0 Å². The summed E-state index contributed by atoms with van der Waals surface area (Å²) in [5.74, 6) is 0.888. The van der Waals surface area contributed by atoms with Crippen LogP contribution in [0.4, 0.5) is 0 Å². The van der Waals surface area contributed by atoms with E-state index in [1.54, 1.807) is 7.11 Å². The summed E-state index contributed by atoms with van der Waals surface area (Å²) >= 11 is 0. The van der Waals surface area contributed by atoms with Crippen LogP contribution in [0.25, 0.3) is 0 Å². The molecule has 0 aromatic heterocycles. The van der Waals surface area contributed by atoms with Crippen molar-refractivity contribution in [3.8, 4) is 5.75 Å². The summed E-state index contributed by atoms with van der Waals surface area (Å²) in [5, 5.41) is 0. The van der Waals surface area contributed by atoms with Gasteiger partial charge < -0.3 is 9.47 Å². The fourth-order valence-electron chi connectivity index (χ4n) is 1.24. The Balaban J connectivity index is 2.27. The van der Waals surface area contributed by atoms with E-state index in [1.807, 2.05) is 31.2 Å². The highest BCUT2D eigenvalue weighted by molar-refractivity contribution is 5.28. The number of benzene rings is 1. The zero-order chi connectivity index (χ0) is 11.6. The molecule has 0 fully saturated rings. The molecule has 0 radical (unpaired) electrons. The highest BCUT2D eigenvalue weighted by Crippen LogP contribution is 2.12. The molecular formula is C12H19NO3. The van der Waals surface area contributed by atoms with E-state index >= 15 is 0 Å². The van der Waals surface area contributed by atoms with Crippen LogP contribution in [0.15, 0.2) is 24.3 Å². The van der Waals surface area contributed by atoms with Gasteiger partial charge in [-0.05, 0) is 24.6 Å². The number of hydrogen-bond acceptors (Lipinski definition) is 4. The van der Waals surface area contributed by atoms with Crippen molar-refractivity contribution in [2.75, 3.05) is 26.9 Å². The Hall–Kier alpha value is -1.10. The van der Waals surface area contributed by atoms with Crippen molar-refractivity contribution in [3.63, 3.8) is 0 Å². The summed E-state index contributed by atoms with van der Waals surface area (Å²) in [5.41, 5.74) is 4.00. The third kappa shape index (κ3) is 5.11. The van der Waals surface area contributed by atoms with E-state index in [4.69, 9.17) is 14.3 Å². The van der Waals surface area contributed by atoms with Crippen molar-refractivity contribution >= 4 is 0 Å². The summed E-state index contributed by atoms with van der Waals surface area (Å²) in [7, 11) is 1.65. The van der Waals surface area contributed by atoms with Crippen molar-refractivity contribution in [2.24, 2.45) is 0 Å². The molecule has 0 aliphatic rings. The van der Waals surface area contributed by atoms with E-state index in [-0.39, 0.29) is 0 Å². The van der Waals surface area contributed by atoms with Crippen molar-refractivity contribution in [3.05, 3.63) is 29.8 Å². The van der Waals surface area contributed by atoms with E-state index < -0.39 is 0 Å². The Morgan fingerprint density at radius 3 is 2.88 bits per heavy atom. The first-order valence-corrected chi connectivity index (χ1v) is 5.42. The first-order chi connectivity index (χ1) is 7.86. The SMILES string of the molecule is CCOc1cccc(CNOCCOC)c1. The number of nitrogens with one attached hydrogen (secondary N) is 1. The van der Waals surface area contributed by atoms with Gasteiger partial charge in [-0.2, -0.15) is 5.48 Å². The molecule has 1 rings (SSSR count). The molecule has 1 aromatic rings. The van der Waals surface area contributed by atoms with Crippen LogP contribution in [0.2, 0.25) is 0 Å². The first kappa shape index (κ1) is 13.0.